The Kier molecular flexibility index (Phi) is 4.13. The molecule has 0 N–H and O–H groups in total. The van der Waals surface area contributed by atoms with Crippen molar-refractivity contribution in [3.63, 3.8) is 0 Å². The third-order valence-corrected chi connectivity index (χ3v) is 3.93. The van der Waals surface area contributed by atoms with Crippen LogP contribution in [-0.2, 0) is 0 Å². The average molecular weight is 336 g/mol. The van der Waals surface area contributed by atoms with Gasteiger partial charge in [-0.2, -0.15) is 5.26 Å². The van der Waals surface area contributed by atoms with Crippen LogP contribution in [0.25, 0.3) is 0 Å². The highest BCUT2D eigenvalue weighted by molar-refractivity contribution is 6.13. The number of hydrogen-bond acceptors (Lipinski definition) is 4. The Bertz CT molecular complexity index is 845. The fourth-order valence-electron chi connectivity index (χ4n) is 2.97. The molecule has 3 rings (SSSR count). The number of nitrogens with zero attached hydrogens (tertiary/aromatic N) is 2. The molecule has 0 fully saturated rings. The van der Waals surface area contributed by atoms with Gasteiger partial charge in [0, 0.05) is 11.3 Å². The molecule has 1 atom stereocenters. The van der Waals surface area contributed by atoms with Crippen LogP contribution in [0.1, 0.15) is 42.7 Å². The number of ether oxygens (including phenoxy) is 2. The van der Waals surface area contributed by atoms with Gasteiger partial charge in [0.15, 0.2) is 6.04 Å². The van der Waals surface area contributed by atoms with E-state index in [1.807, 2.05) is 32.9 Å². The Morgan fingerprint density at radius 1 is 1.12 bits per heavy atom. The van der Waals surface area contributed by atoms with Crippen molar-refractivity contribution in [1.29, 1.82) is 5.26 Å². The van der Waals surface area contributed by atoms with Crippen LogP contribution in [-0.4, -0.2) is 18.6 Å². The minimum atomic E-state index is -0.674. The number of amides is 1. The lowest BCUT2D eigenvalue weighted by Gasteiger charge is -2.23. The van der Waals surface area contributed by atoms with Crippen molar-refractivity contribution in [2.45, 2.75) is 32.4 Å². The van der Waals surface area contributed by atoms with Crippen LogP contribution < -0.4 is 14.4 Å². The van der Waals surface area contributed by atoms with E-state index in [2.05, 4.69) is 6.07 Å². The molecule has 5 nitrogen and oxygen atoms in total. The van der Waals surface area contributed by atoms with E-state index in [4.69, 9.17) is 9.47 Å². The summed E-state index contributed by atoms with van der Waals surface area (Å²) >= 11 is 0. The molecule has 0 radical (unpaired) electrons. The molecule has 0 aliphatic carbocycles. The summed E-state index contributed by atoms with van der Waals surface area (Å²) in [5.41, 5.74) is 1.47. The maximum atomic E-state index is 12.9. The second-order valence-corrected chi connectivity index (χ2v) is 6.84. The van der Waals surface area contributed by atoms with Gasteiger partial charge in [-0.25, -0.2) is 0 Å². The molecule has 128 valence electrons. The largest absolute Gasteiger partial charge is 0.496 e. The number of rotatable bonds is 3. The van der Waals surface area contributed by atoms with Crippen molar-refractivity contribution >= 4 is 11.6 Å². The normalized spacial score (nSPS) is 16.4. The molecule has 5 heteroatoms. The first-order valence-corrected chi connectivity index (χ1v) is 8.05. The van der Waals surface area contributed by atoms with Crippen molar-refractivity contribution in [2.24, 2.45) is 0 Å². The molecule has 1 amide bonds. The average Bonchev–Trinajstić information content (AvgIpc) is 2.86. The van der Waals surface area contributed by atoms with Gasteiger partial charge in [0.2, 0.25) is 0 Å². The van der Waals surface area contributed by atoms with Crippen LogP contribution >= 0.6 is 0 Å². The highest BCUT2D eigenvalue weighted by atomic mass is 16.5. The predicted octanol–water partition coefficient (Wildman–Crippen LogP) is 4.10. The Morgan fingerprint density at radius 2 is 1.80 bits per heavy atom. The molecule has 0 aromatic heterocycles. The molecule has 0 saturated heterocycles. The minimum absolute atomic E-state index is 0.233. The van der Waals surface area contributed by atoms with Crippen molar-refractivity contribution in [2.75, 3.05) is 12.0 Å². The number of hydrogen-bond donors (Lipinski definition) is 0. The van der Waals surface area contributed by atoms with Gasteiger partial charge < -0.3 is 9.47 Å². The number of carbonyl (C=O) groups is 1. The zero-order chi connectivity index (χ0) is 18.2. The zero-order valence-corrected chi connectivity index (χ0v) is 14.7. The van der Waals surface area contributed by atoms with E-state index in [0.717, 1.165) is 0 Å². The number of carbonyl (C=O) groups excluding carboxylic acids is 1. The minimum Gasteiger partial charge on any atom is -0.496 e. The summed E-state index contributed by atoms with van der Waals surface area (Å²) < 4.78 is 11.1. The topological polar surface area (TPSA) is 62.6 Å². The summed E-state index contributed by atoms with van der Waals surface area (Å²) in [6.07, 6.45) is 0. The number of methoxy groups -OCH3 is 1. The quantitative estimate of drug-likeness (QED) is 0.846. The van der Waals surface area contributed by atoms with E-state index >= 15 is 0 Å². The molecule has 1 aliphatic heterocycles. The Labute approximate surface area is 147 Å². The van der Waals surface area contributed by atoms with Gasteiger partial charge in [-0.05, 0) is 51.1 Å². The Hall–Kier alpha value is -3.00. The van der Waals surface area contributed by atoms with Gasteiger partial charge in [0.05, 0.1) is 18.7 Å². The second-order valence-electron chi connectivity index (χ2n) is 6.84. The van der Waals surface area contributed by atoms with Crippen LogP contribution in [0.3, 0.4) is 0 Å². The first-order valence-electron chi connectivity index (χ1n) is 8.05. The molecule has 1 aliphatic rings. The third kappa shape index (κ3) is 3.03. The lowest BCUT2D eigenvalue weighted by molar-refractivity contribution is 0.0991. The van der Waals surface area contributed by atoms with Gasteiger partial charge in [-0.15, -0.1) is 0 Å². The standard InChI is InChI=1S/C20H20N2O3/c1-20(2,3)25-14-10-8-13(9-11-14)22-16(12-21)15-6-5-7-17(24-4)18(15)19(22)23/h5-11,16H,1-4H3. The summed E-state index contributed by atoms with van der Waals surface area (Å²) in [6.45, 7) is 5.92. The van der Waals surface area contributed by atoms with Gasteiger partial charge in [-0.1, -0.05) is 12.1 Å². The third-order valence-electron chi connectivity index (χ3n) is 3.93. The van der Waals surface area contributed by atoms with E-state index < -0.39 is 6.04 Å². The SMILES string of the molecule is COc1cccc2c1C(=O)N(c1ccc(OC(C)(C)C)cc1)C2C#N. The van der Waals surface area contributed by atoms with E-state index in [0.29, 0.717) is 28.3 Å². The molecule has 2 aromatic rings. The first-order chi connectivity index (χ1) is 11.9. The van der Waals surface area contributed by atoms with Crippen LogP contribution in [0.15, 0.2) is 42.5 Å². The number of benzene rings is 2. The zero-order valence-electron chi connectivity index (χ0n) is 14.7. The number of fused-ring (bicyclic) bond motifs is 1. The lowest BCUT2D eigenvalue weighted by Crippen LogP contribution is -2.27. The van der Waals surface area contributed by atoms with E-state index in [9.17, 15) is 10.1 Å². The smallest absolute Gasteiger partial charge is 0.263 e. The fraction of sp³-hybridized carbons (Fsp3) is 0.300. The van der Waals surface area contributed by atoms with Gasteiger partial charge >= 0.3 is 0 Å². The summed E-state index contributed by atoms with van der Waals surface area (Å²) in [5.74, 6) is 0.966. The maximum absolute atomic E-state index is 12.9. The van der Waals surface area contributed by atoms with E-state index in [1.165, 1.54) is 12.0 Å². The van der Waals surface area contributed by atoms with Crippen molar-refractivity contribution in [3.05, 3.63) is 53.6 Å². The molecule has 0 spiro atoms. The highest BCUT2D eigenvalue weighted by Crippen LogP contribution is 2.41. The molecular formula is C20H20N2O3. The Morgan fingerprint density at radius 3 is 2.36 bits per heavy atom. The van der Waals surface area contributed by atoms with Gasteiger partial charge in [-0.3, -0.25) is 9.69 Å². The maximum Gasteiger partial charge on any atom is 0.263 e. The lowest BCUT2D eigenvalue weighted by atomic mass is 10.0. The molecule has 0 saturated carbocycles. The fourth-order valence-corrected chi connectivity index (χ4v) is 2.97. The highest BCUT2D eigenvalue weighted by Gasteiger charge is 2.40. The van der Waals surface area contributed by atoms with Crippen LogP contribution in [0.2, 0.25) is 0 Å². The van der Waals surface area contributed by atoms with Gasteiger partial charge in [0.25, 0.3) is 5.91 Å². The Balaban J connectivity index is 1.98. The predicted molar refractivity (Wildman–Crippen MR) is 95.0 cm³/mol. The van der Waals surface area contributed by atoms with Gasteiger partial charge in [0.1, 0.15) is 17.1 Å². The van der Waals surface area contributed by atoms with Crippen LogP contribution in [0.5, 0.6) is 11.5 Å². The van der Waals surface area contributed by atoms with E-state index in [1.54, 1.807) is 30.3 Å². The summed E-state index contributed by atoms with van der Waals surface area (Å²) in [7, 11) is 1.52. The van der Waals surface area contributed by atoms with Crippen LogP contribution in [0, 0.1) is 11.3 Å². The first kappa shape index (κ1) is 16.8. The van der Waals surface area contributed by atoms with E-state index in [-0.39, 0.29) is 11.5 Å². The number of nitriles is 1. The molecule has 2 aromatic carbocycles. The van der Waals surface area contributed by atoms with Crippen molar-refractivity contribution in [1.82, 2.24) is 0 Å². The number of anilines is 1. The summed E-state index contributed by atoms with van der Waals surface area (Å²) in [5, 5.41) is 9.62. The second kappa shape index (κ2) is 6.14. The van der Waals surface area contributed by atoms with Crippen molar-refractivity contribution < 1.29 is 14.3 Å². The van der Waals surface area contributed by atoms with Crippen LogP contribution in [0.4, 0.5) is 5.69 Å². The summed E-state index contributed by atoms with van der Waals surface area (Å²) in [4.78, 5) is 14.4. The van der Waals surface area contributed by atoms with Crippen molar-refractivity contribution in [3.8, 4) is 17.6 Å². The monoisotopic (exact) mass is 336 g/mol. The molecule has 0 bridgehead atoms. The molecule has 1 heterocycles. The molecule has 25 heavy (non-hydrogen) atoms. The molecule has 1 unspecified atom stereocenters. The molecular weight excluding hydrogens is 316 g/mol. The summed E-state index contributed by atoms with van der Waals surface area (Å²) in [6, 6.07) is 14.1.